The Morgan fingerprint density at radius 2 is 1.92 bits per heavy atom. The van der Waals surface area contributed by atoms with Crippen LogP contribution in [0.4, 0.5) is 5.82 Å². The lowest BCUT2D eigenvalue weighted by molar-refractivity contribution is 0.269. The predicted molar refractivity (Wildman–Crippen MR) is 149 cm³/mol. The minimum atomic E-state index is -0.272. The van der Waals surface area contributed by atoms with E-state index in [2.05, 4.69) is 31.4 Å². The molecule has 38 heavy (non-hydrogen) atoms. The summed E-state index contributed by atoms with van der Waals surface area (Å²) in [5.41, 5.74) is 4.99. The molecule has 1 atom stereocenters. The van der Waals surface area contributed by atoms with E-state index in [0.29, 0.717) is 23.4 Å². The Morgan fingerprint density at radius 1 is 1.08 bits per heavy atom. The Kier molecular flexibility index (Phi) is 5.97. The summed E-state index contributed by atoms with van der Waals surface area (Å²) in [7, 11) is 0. The van der Waals surface area contributed by atoms with Crippen molar-refractivity contribution in [3.05, 3.63) is 101 Å². The van der Waals surface area contributed by atoms with Gasteiger partial charge >= 0.3 is 0 Å². The van der Waals surface area contributed by atoms with Crippen LogP contribution in [0, 0.1) is 6.92 Å². The van der Waals surface area contributed by atoms with Crippen molar-refractivity contribution < 1.29 is 5.11 Å². The van der Waals surface area contributed by atoms with Crippen LogP contribution in [0.3, 0.4) is 0 Å². The molecule has 9 nitrogen and oxygen atoms in total. The van der Waals surface area contributed by atoms with Crippen LogP contribution < -0.4 is 10.9 Å². The molecule has 6 rings (SSSR count). The van der Waals surface area contributed by atoms with E-state index in [-0.39, 0.29) is 18.2 Å². The number of nitrogens with zero attached hydrogens (tertiary/aromatic N) is 5. The average molecular weight is 506 g/mol. The highest BCUT2D eigenvalue weighted by Crippen LogP contribution is 2.34. The van der Waals surface area contributed by atoms with Gasteiger partial charge in [-0.3, -0.25) is 14.0 Å². The zero-order valence-corrected chi connectivity index (χ0v) is 21.1. The SMILES string of the molecule is Cc1cccc2cc([C@H](C)Nc3ncnc4[nH]cc(-c5cnn(CCO)c5)c34)n(-c3ccccc3)c(=O)c12. The predicted octanol–water partition coefficient (Wildman–Crippen LogP) is 4.60. The number of nitrogens with one attached hydrogen (secondary N) is 2. The highest BCUT2D eigenvalue weighted by atomic mass is 16.3. The van der Waals surface area contributed by atoms with E-state index in [4.69, 9.17) is 0 Å². The van der Waals surface area contributed by atoms with E-state index in [1.807, 2.05) is 74.8 Å². The monoisotopic (exact) mass is 505 g/mol. The van der Waals surface area contributed by atoms with E-state index in [0.717, 1.165) is 38.8 Å². The van der Waals surface area contributed by atoms with Gasteiger partial charge in [-0.15, -0.1) is 0 Å². The molecule has 0 unspecified atom stereocenters. The van der Waals surface area contributed by atoms with Gasteiger partial charge in [-0.1, -0.05) is 36.4 Å². The lowest BCUT2D eigenvalue weighted by Crippen LogP contribution is -2.26. The molecule has 0 amide bonds. The quantitative estimate of drug-likeness (QED) is 0.292. The molecule has 0 aliphatic carbocycles. The van der Waals surface area contributed by atoms with Crippen molar-refractivity contribution >= 4 is 27.6 Å². The number of hydrogen-bond donors (Lipinski definition) is 3. The Hall–Kier alpha value is -4.76. The number of anilines is 1. The van der Waals surface area contributed by atoms with Crippen molar-refractivity contribution in [1.82, 2.24) is 29.3 Å². The fourth-order valence-electron chi connectivity index (χ4n) is 5.02. The first-order chi connectivity index (χ1) is 18.5. The molecule has 0 aliphatic rings. The van der Waals surface area contributed by atoms with E-state index in [1.54, 1.807) is 15.4 Å². The summed E-state index contributed by atoms with van der Waals surface area (Å²) in [5.74, 6) is 0.644. The molecule has 6 aromatic rings. The Balaban J connectivity index is 1.48. The van der Waals surface area contributed by atoms with Gasteiger partial charge in [0.15, 0.2) is 0 Å². The molecule has 190 valence electrons. The fourth-order valence-corrected chi connectivity index (χ4v) is 5.02. The number of H-pyrrole nitrogens is 1. The normalized spacial score (nSPS) is 12.3. The topological polar surface area (TPSA) is 114 Å². The minimum absolute atomic E-state index is 0.0107. The molecule has 0 spiro atoms. The molecule has 0 radical (unpaired) electrons. The molecule has 3 N–H and O–H groups in total. The fraction of sp³-hybridized carbons (Fsp3) is 0.172. The molecule has 0 saturated carbocycles. The second-order valence-electron chi connectivity index (χ2n) is 9.31. The molecular weight excluding hydrogens is 478 g/mol. The van der Waals surface area contributed by atoms with Gasteiger partial charge in [-0.2, -0.15) is 5.10 Å². The number of aromatic nitrogens is 6. The summed E-state index contributed by atoms with van der Waals surface area (Å²) in [4.78, 5) is 26.1. The summed E-state index contributed by atoms with van der Waals surface area (Å²) in [6.45, 7) is 4.42. The maximum Gasteiger partial charge on any atom is 0.263 e. The highest BCUT2D eigenvalue weighted by Gasteiger charge is 2.20. The van der Waals surface area contributed by atoms with Gasteiger partial charge in [0, 0.05) is 34.9 Å². The van der Waals surface area contributed by atoms with Gasteiger partial charge in [0.1, 0.15) is 17.8 Å². The number of aryl methyl sites for hydroxylation is 1. The van der Waals surface area contributed by atoms with Crippen LogP contribution in [0.5, 0.6) is 0 Å². The van der Waals surface area contributed by atoms with Crippen molar-refractivity contribution in [3.8, 4) is 16.8 Å². The number of rotatable bonds is 7. The average Bonchev–Trinajstić information content (AvgIpc) is 3.57. The summed E-state index contributed by atoms with van der Waals surface area (Å²) in [6, 6.07) is 17.4. The Morgan fingerprint density at radius 3 is 2.74 bits per heavy atom. The first kappa shape index (κ1) is 23.6. The van der Waals surface area contributed by atoms with Gasteiger partial charge in [0.05, 0.1) is 36.2 Å². The third-order valence-electron chi connectivity index (χ3n) is 6.84. The smallest absolute Gasteiger partial charge is 0.263 e. The molecule has 0 bridgehead atoms. The van der Waals surface area contributed by atoms with Crippen molar-refractivity contribution in [2.75, 3.05) is 11.9 Å². The number of hydrogen-bond acceptors (Lipinski definition) is 6. The van der Waals surface area contributed by atoms with Crippen LogP contribution in [0.15, 0.2) is 84.3 Å². The van der Waals surface area contributed by atoms with Crippen molar-refractivity contribution in [1.29, 1.82) is 0 Å². The standard InChI is InChI=1S/C29H27N7O2/c1-18-7-6-8-20-13-24(36(29(38)25(18)20)22-9-4-3-5-10-22)19(2)34-28-26-23(15-30-27(26)31-17-32-28)21-14-33-35(16-21)11-12-37/h3-10,13-17,19,37H,11-12H2,1-2H3,(H2,30,31,32,34)/t19-/m0/s1. The molecular formula is C29H27N7O2. The van der Waals surface area contributed by atoms with Gasteiger partial charge in [0.2, 0.25) is 0 Å². The van der Waals surface area contributed by atoms with Crippen molar-refractivity contribution in [2.24, 2.45) is 0 Å². The number of aliphatic hydroxyl groups excluding tert-OH is 1. The molecule has 2 aromatic carbocycles. The Bertz CT molecular complexity index is 1820. The van der Waals surface area contributed by atoms with Crippen LogP contribution in [-0.2, 0) is 6.54 Å². The number of pyridine rings is 1. The van der Waals surface area contributed by atoms with Crippen LogP contribution in [0.2, 0.25) is 0 Å². The van der Waals surface area contributed by atoms with Crippen molar-refractivity contribution in [3.63, 3.8) is 0 Å². The zero-order chi connectivity index (χ0) is 26.2. The number of benzene rings is 2. The van der Waals surface area contributed by atoms with Gasteiger partial charge in [0.25, 0.3) is 5.56 Å². The van der Waals surface area contributed by atoms with Crippen LogP contribution in [0.25, 0.3) is 38.6 Å². The van der Waals surface area contributed by atoms with Gasteiger partial charge < -0.3 is 15.4 Å². The minimum Gasteiger partial charge on any atom is -0.394 e. The van der Waals surface area contributed by atoms with E-state index >= 15 is 0 Å². The summed E-state index contributed by atoms with van der Waals surface area (Å²) in [6.07, 6.45) is 7.05. The third-order valence-corrected chi connectivity index (χ3v) is 6.84. The van der Waals surface area contributed by atoms with Crippen LogP contribution in [0.1, 0.15) is 24.2 Å². The number of fused-ring (bicyclic) bond motifs is 2. The maximum atomic E-state index is 13.9. The number of aliphatic hydroxyl groups is 1. The highest BCUT2D eigenvalue weighted by molar-refractivity contribution is 6.00. The van der Waals surface area contributed by atoms with E-state index < -0.39 is 0 Å². The largest absolute Gasteiger partial charge is 0.394 e. The Labute approximate surface area is 218 Å². The van der Waals surface area contributed by atoms with Gasteiger partial charge in [-0.05, 0) is 43.0 Å². The van der Waals surface area contributed by atoms with Crippen LogP contribution >= 0.6 is 0 Å². The second-order valence-corrected chi connectivity index (χ2v) is 9.31. The molecule has 0 saturated heterocycles. The first-order valence-corrected chi connectivity index (χ1v) is 12.5. The molecule has 0 fully saturated rings. The van der Waals surface area contributed by atoms with Gasteiger partial charge in [-0.25, -0.2) is 9.97 Å². The summed E-state index contributed by atoms with van der Waals surface area (Å²) < 4.78 is 3.48. The lowest BCUT2D eigenvalue weighted by Gasteiger charge is -2.22. The molecule has 4 heterocycles. The molecule has 4 aromatic heterocycles. The number of para-hydroxylation sites is 1. The summed E-state index contributed by atoms with van der Waals surface area (Å²) in [5, 5.41) is 19.6. The lowest BCUT2D eigenvalue weighted by atomic mass is 10.0. The van der Waals surface area contributed by atoms with Crippen LogP contribution in [-0.4, -0.2) is 41.0 Å². The number of aromatic amines is 1. The maximum absolute atomic E-state index is 13.9. The first-order valence-electron chi connectivity index (χ1n) is 12.5. The molecule has 9 heteroatoms. The van der Waals surface area contributed by atoms with E-state index in [9.17, 15) is 9.90 Å². The van der Waals surface area contributed by atoms with Crippen molar-refractivity contribution in [2.45, 2.75) is 26.4 Å². The molecule has 0 aliphatic heterocycles. The summed E-state index contributed by atoms with van der Waals surface area (Å²) >= 11 is 0. The zero-order valence-electron chi connectivity index (χ0n) is 21.1. The van der Waals surface area contributed by atoms with E-state index in [1.165, 1.54) is 6.33 Å². The second kappa shape index (κ2) is 9.60. The third kappa shape index (κ3) is 4.03.